The maximum absolute atomic E-state index is 11.3. The molecule has 1 aromatic heterocycles. The predicted molar refractivity (Wildman–Crippen MR) is 69.9 cm³/mol. The highest BCUT2D eigenvalue weighted by molar-refractivity contribution is 7.10. The minimum atomic E-state index is -0.799. The molecule has 1 aromatic carbocycles. The molecule has 0 aliphatic carbocycles. The summed E-state index contributed by atoms with van der Waals surface area (Å²) in [5, 5.41) is 11.8. The van der Waals surface area contributed by atoms with E-state index in [1.165, 1.54) is 11.3 Å². The van der Waals surface area contributed by atoms with E-state index in [9.17, 15) is 9.90 Å². The van der Waals surface area contributed by atoms with Gasteiger partial charge in [0.1, 0.15) is 0 Å². The lowest BCUT2D eigenvalue weighted by molar-refractivity contribution is -0.138. The Bertz CT molecular complexity index is 508. The number of benzene rings is 1. The van der Waals surface area contributed by atoms with Crippen LogP contribution in [0.4, 0.5) is 0 Å². The maximum atomic E-state index is 11.3. The van der Waals surface area contributed by atoms with Crippen LogP contribution in [-0.4, -0.2) is 11.1 Å². The summed E-state index contributed by atoms with van der Waals surface area (Å²) in [5.74, 6) is -1.29. The number of halogens is 1. The first-order chi connectivity index (χ1) is 8.16. The number of rotatable bonds is 4. The molecule has 0 amide bonds. The molecule has 2 nitrogen and oxygen atoms in total. The minimum Gasteiger partial charge on any atom is -0.481 e. The van der Waals surface area contributed by atoms with Crippen LogP contribution in [0.1, 0.15) is 16.4 Å². The SMILES string of the molecule is O=C(O)C(Cc1cccc(Cl)c1)c1cccs1. The summed E-state index contributed by atoms with van der Waals surface area (Å²) in [5.41, 5.74) is 0.943. The zero-order valence-corrected chi connectivity index (χ0v) is 10.5. The fraction of sp³-hybridized carbons (Fsp3) is 0.154. The van der Waals surface area contributed by atoms with Crippen LogP contribution >= 0.6 is 22.9 Å². The Morgan fingerprint density at radius 1 is 1.35 bits per heavy atom. The second kappa shape index (κ2) is 5.34. The van der Waals surface area contributed by atoms with E-state index in [1.54, 1.807) is 6.07 Å². The van der Waals surface area contributed by atoms with E-state index in [2.05, 4.69) is 0 Å². The number of carbonyl (C=O) groups is 1. The van der Waals surface area contributed by atoms with Crippen LogP contribution in [0.25, 0.3) is 0 Å². The Morgan fingerprint density at radius 3 is 2.76 bits per heavy atom. The first-order valence-electron chi connectivity index (χ1n) is 5.17. The molecule has 1 atom stereocenters. The molecule has 1 N–H and O–H groups in total. The zero-order chi connectivity index (χ0) is 12.3. The molecule has 88 valence electrons. The fourth-order valence-corrected chi connectivity index (χ4v) is 2.73. The minimum absolute atomic E-state index is 0.469. The van der Waals surface area contributed by atoms with Gasteiger partial charge in [0.15, 0.2) is 0 Å². The molecular weight excluding hydrogens is 256 g/mol. The smallest absolute Gasteiger partial charge is 0.312 e. The van der Waals surface area contributed by atoms with Crippen molar-refractivity contribution in [2.75, 3.05) is 0 Å². The van der Waals surface area contributed by atoms with Gasteiger partial charge in [-0.2, -0.15) is 0 Å². The highest BCUT2D eigenvalue weighted by atomic mass is 35.5. The molecule has 4 heteroatoms. The molecule has 17 heavy (non-hydrogen) atoms. The van der Waals surface area contributed by atoms with Crippen molar-refractivity contribution in [2.24, 2.45) is 0 Å². The molecule has 0 spiro atoms. The molecule has 0 saturated heterocycles. The summed E-state index contributed by atoms with van der Waals surface area (Å²) in [7, 11) is 0. The van der Waals surface area contributed by atoms with E-state index in [1.807, 2.05) is 35.7 Å². The van der Waals surface area contributed by atoms with Crippen molar-refractivity contribution in [1.29, 1.82) is 0 Å². The van der Waals surface area contributed by atoms with Crippen LogP contribution in [0.15, 0.2) is 41.8 Å². The number of carboxylic acids is 1. The standard InChI is InChI=1S/C13H11ClO2S/c14-10-4-1-3-9(7-10)8-11(13(15)16)12-5-2-6-17-12/h1-7,11H,8H2,(H,15,16). The van der Waals surface area contributed by atoms with E-state index in [0.29, 0.717) is 11.4 Å². The van der Waals surface area contributed by atoms with Crippen LogP contribution in [0.5, 0.6) is 0 Å². The van der Waals surface area contributed by atoms with Crippen molar-refractivity contribution in [3.8, 4) is 0 Å². The van der Waals surface area contributed by atoms with Crippen LogP contribution in [0.3, 0.4) is 0 Å². The topological polar surface area (TPSA) is 37.3 Å². The van der Waals surface area contributed by atoms with E-state index in [-0.39, 0.29) is 0 Å². The van der Waals surface area contributed by atoms with E-state index >= 15 is 0 Å². The third kappa shape index (κ3) is 3.08. The second-order valence-electron chi connectivity index (χ2n) is 3.74. The van der Waals surface area contributed by atoms with Crippen LogP contribution in [-0.2, 0) is 11.2 Å². The molecule has 2 aromatic rings. The van der Waals surface area contributed by atoms with Crippen molar-refractivity contribution in [3.63, 3.8) is 0 Å². The quantitative estimate of drug-likeness (QED) is 0.914. The van der Waals surface area contributed by atoms with Crippen molar-refractivity contribution in [2.45, 2.75) is 12.3 Å². The average Bonchev–Trinajstić information content (AvgIpc) is 2.78. The van der Waals surface area contributed by atoms with Crippen molar-refractivity contribution < 1.29 is 9.90 Å². The maximum Gasteiger partial charge on any atom is 0.312 e. The van der Waals surface area contributed by atoms with Gasteiger partial charge in [0, 0.05) is 9.90 Å². The van der Waals surface area contributed by atoms with Gasteiger partial charge in [-0.3, -0.25) is 4.79 Å². The third-order valence-corrected chi connectivity index (χ3v) is 3.73. The van der Waals surface area contributed by atoms with Crippen LogP contribution in [0.2, 0.25) is 5.02 Å². The number of hydrogen-bond acceptors (Lipinski definition) is 2. The lowest BCUT2D eigenvalue weighted by Gasteiger charge is -2.10. The van der Waals surface area contributed by atoms with Crippen molar-refractivity contribution in [3.05, 3.63) is 57.2 Å². The molecule has 2 rings (SSSR count). The molecule has 0 aliphatic heterocycles. The molecule has 1 unspecified atom stereocenters. The molecule has 0 fully saturated rings. The summed E-state index contributed by atoms with van der Waals surface area (Å²) < 4.78 is 0. The third-order valence-electron chi connectivity index (χ3n) is 2.51. The van der Waals surface area contributed by atoms with E-state index in [4.69, 9.17) is 11.6 Å². The normalized spacial score (nSPS) is 12.3. The molecular formula is C13H11ClO2S. The average molecular weight is 267 g/mol. The molecule has 0 bridgehead atoms. The zero-order valence-electron chi connectivity index (χ0n) is 8.97. The Morgan fingerprint density at radius 2 is 2.18 bits per heavy atom. The lowest BCUT2D eigenvalue weighted by atomic mass is 9.98. The largest absolute Gasteiger partial charge is 0.481 e. The Hall–Kier alpha value is -1.32. The van der Waals surface area contributed by atoms with Crippen LogP contribution in [0, 0.1) is 0 Å². The summed E-state index contributed by atoms with van der Waals surface area (Å²) in [6.07, 6.45) is 0.469. The summed E-state index contributed by atoms with van der Waals surface area (Å²) in [6, 6.07) is 11.1. The van der Waals surface area contributed by atoms with Gasteiger partial charge in [-0.25, -0.2) is 0 Å². The number of thiophene rings is 1. The monoisotopic (exact) mass is 266 g/mol. The highest BCUT2D eigenvalue weighted by Crippen LogP contribution is 2.26. The Labute approximate surface area is 108 Å². The van der Waals surface area contributed by atoms with Gasteiger partial charge >= 0.3 is 5.97 Å². The van der Waals surface area contributed by atoms with Gasteiger partial charge in [-0.15, -0.1) is 11.3 Å². The number of carboxylic acid groups (broad SMARTS) is 1. The lowest BCUT2D eigenvalue weighted by Crippen LogP contribution is -2.13. The van der Waals surface area contributed by atoms with E-state index in [0.717, 1.165) is 10.4 Å². The summed E-state index contributed by atoms with van der Waals surface area (Å²) >= 11 is 7.36. The molecule has 0 saturated carbocycles. The first-order valence-corrected chi connectivity index (χ1v) is 6.43. The van der Waals surface area contributed by atoms with Gasteiger partial charge in [-0.05, 0) is 35.6 Å². The van der Waals surface area contributed by atoms with Gasteiger partial charge in [-0.1, -0.05) is 29.8 Å². The predicted octanol–water partition coefficient (Wildman–Crippen LogP) is 3.81. The Kier molecular flexibility index (Phi) is 3.82. The molecule has 1 heterocycles. The van der Waals surface area contributed by atoms with E-state index < -0.39 is 11.9 Å². The van der Waals surface area contributed by atoms with Gasteiger partial charge in [0.2, 0.25) is 0 Å². The van der Waals surface area contributed by atoms with Gasteiger partial charge in [0.05, 0.1) is 5.92 Å². The van der Waals surface area contributed by atoms with Gasteiger partial charge in [0.25, 0.3) is 0 Å². The summed E-state index contributed by atoms with van der Waals surface area (Å²) in [6.45, 7) is 0. The fourth-order valence-electron chi connectivity index (χ4n) is 1.70. The van der Waals surface area contributed by atoms with Crippen LogP contribution < -0.4 is 0 Å². The number of hydrogen-bond donors (Lipinski definition) is 1. The van der Waals surface area contributed by atoms with Gasteiger partial charge < -0.3 is 5.11 Å². The Balaban J connectivity index is 2.22. The molecule has 0 aliphatic rings. The highest BCUT2D eigenvalue weighted by Gasteiger charge is 2.21. The van der Waals surface area contributed by atoms with Crippen molar-refractivity contribution >= 4 is 28.9 Å². The molecule has 0 radical (unpaired) electrons. The van der Waals surface area contributed by atoms with Crippen molar-refractivity contribution in [1.82, 2.24) is 0 Å². The first kappa shape index (κ1) is 12.1. The number of aliphatic carboxylic acids is 1. The second-order valence-corrected chi connectivity index (χ2v) is 5.16. The summed E-state index contributed by atoms with van der Waals surface area (Å²) in [4.78, 5) is 12.1.